The molecular weight excluding hydrogens is 425 g/mol. The number of aliphatic hydroxyl groups excluding tert-OH is 1. The first-order valence-corrected chi connectivity index (χ1v) is 13.8. The lowest BCUT2D eigenvalue weighted by Gasteiger charge is -2.62. The molecule has 2 N–H and O–H groups in total. The first-order chi connectivity index (χ1) is 15.3. The van der Waals surface area contributed by atoms with Crippen molar-refractivity contribution in [2.24, 2.45) is 46.3 Å². The minimum absolute atomic E-state index is 0.254. The highest BCUT2D eigenvalue weighted by Crippen LogP contribution is 2.69. The molecule has 0 aromatic carbocycles. The maximum atomic E-state index is 12.6. The summed E-state index contributed by atoms with van der Waals surface area (Å²) in [6.07, 6.45) is 5.75. The monoisotopic (exact) mass is 472 g/mol. The summed E-state index contributed by atoms with van der Waals surface area (Å²) in [5.41, 5.74) is 0.194. The summed E-state index contributed by atoms with van der Waals surface area (Å²) in [5, 5.41) is 20.9. The molecule has 4 fully saturated rings. The lowest BCUT2D eigenvalue weighted by Crippen LogP contribution is -2.56. The Morgan fingerprint density at radius 2 is 1.61 bits per heavy atom. The summed E-state index contributed by atoms with van der Waals surface area (Å²) in [6.45, 7) is 9.36. The van der Waals surface area contributed by atoms with Crippen LogP contribution in [0, 0.1) is 46.3 Å². The van der Waals surface area contributed by atoms with Crippen molar-refractivity contribution in [1.29, 1.82) is 0 Å². The maximum absolute atomic E-state index is 12.6. The third-order valence-electron chi connectivity index (χ3n) is 11.7. The third-order valence-corrected chi connectivity index (χ3v) is 11.7. The highest BCUT2D eigenvalue weighted by molar-refractivity contribution is 5.10. The number of hydrogen-bond acceptors (Lipinski definition) is 2. The van der Waals surface area contributed by atoms with E-state index in [2.05, 4.69) is 27.7 Å². The van der Waals surface area contributed by atoms with E-state index in [9.17, 15) is 23.4 Å². The second-order valence-corrected chi connectivity index (χ2v) is 13.2. The van der Waals surface area contributed by atoms with Gasteiger partial charge in [-0.25, -0.2) is 0 Å². The van der Waals surface area contributed by atoms with E-state index < -0.39 is 24.3 Å². The van der Waals surface area contributed by atoms with Crippen LogP contribution < -0.4 is 0 Å². The largest absolute Gasteiger partial charge is 0.393 e. The van der Waals surface area contributed by atoms with Crippen molar-refractivity contribution in [3.05, 3.63) is 0 Å². The lowest BCUT2D eigenvalue weighted by molar-refractivity contribution is -0.155. The van der Waals surface area contributed by atoms with E-state index in [-0.39, 0.29) is 11.8 Å². The lowest BCUT2D eigenvalue weighted by atomic mass is 9.43. The van der Waals surface area contributed by atoms with Crippen LogP contribution in [0.2, 0.25) is 0 Å². The highest BCUT2D eigenvalue weighted by atomic mass is 19.4. The van der Waals surface area contributed by atoms with Gasteiger partial charge in [0.15, 0.2) is 0 Å². The Morgan fingerprint density at radius 1 is 0.909 bits per heavy atom. The number of halogens is 3. The minimum Gasteiger partial charge on any atom is -0.393 e. The molecule has 4 aliphatic rings. The molecule has 33 heavy (non-hydrogen) atoms. The number of aliphatic hydroxyl groups is 2. The van der Waals surface area contributed by atoms with Crippen LogP contribution in [0.1, 0.15) is 111 Å². The maximum Gasteiger partial charge on any atom is 0.391 e. The van der Waals surface area contributed by atoms with E-state index >= 15 is 0 Å². The van der Waals surface area contributed by atoms with Crippen LogP contribution in [0.25, 0.3) is 0 Å². The molecule has 0 unspecified atom stereocenters. The van der Waals surface area contributed by atoms with Crippen molar-refractivity contribution in [2.75, 3.05) is 0 Å². The molecule has 5 heteroatoms. The van der Waals surface area contributed by atoms with Gasteiger partial charge in [-0.05, 0) is 123 Å². The molecule has 0 aromatic rings. The van der Waals surface area contributed by atoms with Crippen molar-refractivity contribution < 1.29 is 23.4 Å². The first-order valence-electron chi connectivity index (χ1n) is 13.8. The second kappa shape index (κ2) is 8.98. The summed E-state index contributed by atoms with van der Waals surface area (Å²) in [4.78, 5) is 0. The van der Waals surface area contributed by atoms with Crippen LogP contribution in [0.15, 0.2) is 0 Å². The van der Waals surface area contributed by atoms with E-state index in [4.69, 9.17) is 0 Å². The molecule has 4 saturated carbocycles. The number of hydrogen-bond donors (Lipinski definition) is 2. The Balaban J connectivity index is 1.42. The van der Waals surface area contributed by atoms with Gasteiger partial charge in [-0.1, -0.05) is 27.7 Å². The third kappa shape index (κ3) is 4.76. The van der Waals surface area contributed by atoms with Crippen LogP contribution in [-0.2, 0) is 0 Å². The fourth-order valence-corrected chi connectivity index (χ4v) is 9.64. The van der Waals surface area contributed by atoms with Crippen molar-refractivity contribution in [1.82, 2.24) is 0 Å². The molecule has 192 valence electrons. The SMILES string of the molecule is CC[C@]1(O)CC[C@@]2(C)[C@@H](CC[C@@H]3[C@@H]2CC[C@]2(C)[C@@H]([C@H](C)CC[C@@H](O)CC(F)(F)F)CC[C@@H]32)C1. The Hall–Kier alpha value is -0.290. The molecular formula is C28H47F3O2. The van der Waals surface area contributed by atoms with Crippen LogP contribution in [0.3, 0.4) is 0 Å². The van der Waals surface area contributed by atoms with Gasteiger partial charge < -0.3 is 10.2 Å². The van der Waals surface area contributed by atoms with Gasteiger partial charge in [-0.3, -0.25) is 0 Å². The number of fused-ring (bicyclic) bond motifs is 5. The van der Waals surface area contributed by atoms with Crippen molar-refractivity contribution >= 4 is 0 Å². The van der Waals surface area contributed by atoms with Crippen LogP contribution in [0.4, 0.5) is 13.2 Å². The predicted octanol–water partition coefficient (Wildman–Crippen LogP) is 7.52. The summed E-state index contributed by atoms with van der Waals surface area (Å²) in [5.74, 6) is 3.83. The normalized spacial score (nSPS) is 47.4. The summed E-state index contributed by atoms with van der Waals surface area (Å²) >= 11 is 0. The fraction of sp³-hybridized carbons (Fsp3) is 1.00. The molecule has 0 spiro atoms. The smallest absolute Gasteiger partial charge is 0.391 e. The van der Waals surface area contributed by atoms with E-state index in [0.29, 0.717) is 29.6 Å². The van der Waals surface area contributed by atoms with Crippen LogP contribution >= 0.6 is 0 Å². The molecule has 0 aliphatic heterocycles. The van der Waals surface area contributed by atoms with Gasteiger partial charge in [0.25, 0.3) is 0 Å². The standard InChI is InChI=1S/C28H47F3O2/c1-5-27(33)15-14-25(3)19(16-27)7-9-21-23-11-10-22(26(23,4)13-12-24(21)25)18(2)6-8-20(32)17-28(29,30)31/h18-24,32-33H,5-17H2,1-4H3/t18-,19+,20-,21+,22-,23+,24+,25+,26-,27+/m1/s1. The van der Waals surface area contributed by atoms with E-state index in [1.54, 1.807) is 0 Å². The van der Waals surface area contributed by atoms with Crippen LogP contribution in [-0.4, -0.2) is 28.1 Å². The van der Waals surface area contributed by atoms with Gasteiger partial charge in [0.1, 0.15) is 0 Å². The van der Waals surface area contributed by atoms with Gasteiger partial charge in [-0.2, -0.15) is 13.2 Å². The molecule has 0 aromatic heterocycles. The number of rotatable bonds is 6. The first kappa shape index (κ1) is 25.8. The zero-order valence-corrected chi connectivity index (χ0v) is 21.3. The average molecular weight is 473 g/mol. The van der Waals surface area contributed by atoms with Gasteiger partial charge in [0.05, 0.1) is 18.1 Å². The molecule has 0 radical (unpaired) electrons. The molecule has 0 bridgehead atoms. The Morgan fingerprint density at radius 3 is 2.27 bits per heavy atom. The van der Waals surface area contributed by atoms with Crippen molar-refractivity contribution in [2.45, 2.75) is 129 Å². The van der Waals surface area contributed by atoms with Gasteiger partial charge in [0, 0.05) is 0 Å². The van der Waals surface area contributed by atoms with E-state index in [1.807, 2.05) is 0 Å². The molecule has 0 heterocycles. The van der Waals surface area contributed by atoms with E-state index in [0.717, 1.165) is 43.4 Å². The van der Waals surface area contributed by atoms with Gasteiger partial charge >= 0.3 is 6.18 Å². The fourth-order valence-electron chi connectivity index (χ4n) is 9.64. The molecule has 4 aliphatic carbocycles. The van der Waals surface area contributed by atoms with Crippen LogP contribution in [0.5, 0.6) is 0 Å². The van der Waals surface area contributed by atoms with Crippen molar-refractivity contribution in [3.8, 4) is 0 Å². The van der Waals surface area contributed by atoms with Gasteiger partial charge in [-0.15, -0.1) is 0 Å². The molecule has 4 rings (SSSR count). The zero-order valence-electron chi connectivity index (χ0n) is 21.3. The molecule has 0 saturated heterocycles. The molecule has 0 amide bonds. The summed E-state index contributed by atoms with van der Waals surface area (Å²) in [6, 6.07) is 0. The Kier molecular flexibility index (Phi) is 7.02. The summed E-state index contributed by atoms with van der Waals surface area (Å²) < 4.78 is 37.8. The summed E-state index contributed by atoms with van der Waals surface area (Å²) in [7, 11) is 0. The quantitative estimate of drug-likeness (QED) is 0.420. The minimum atomic E-state index is -4.29. The Bertz CT molecular complexity index is 695. The van der Waals surface area contributed by atoms with E-state index in [1.165, 1.54) is 38.5 Å². The zero-order chi connectivity index (χ0) is 24.2. The van der Waals surface area contributed by atoms with Gasteiger partial charge in [0.2, 0.25) is 0 Å². The molecule has 2 nitrogen and oxygen atoms in total. The highest BCUT2D eigenvalue weighted by Gasteiger charge is 2.61. The second-order valence-electron chi connectivity index (χ2n) is 13.2. The Labute approximate surface area is 199 Å². The average Bonchev–Trinajstić information content (AvgIpc) is 3.09. The topological polar surface area (TPSA) is 40.5 Å². The molecule has 10 atom stereocenters. The predicted molar refractivity (Wildman–Crippen MR) is 126 cm³/mol. The van der Waals surface area contributed by atoms with Crippen molar-refractivity contribution in [3.63, 3.8) is 0 Å². The number of alkyl halides is 3.